The fourth-order valence-corrected chi connectivity index (χ4v) is 6.02. The van der Waals surface area contributed by atoms with Crippen molar-refractivity contribution in [3.05, 3.63) is 113 Å². The van der Waals surface area contributed by atoms with E-state index < -0.39 is 11.3 Å². The number of hydrogen-bond acceptors (Lipinski definition) is 2. The Morgan fingerprint density at radius 3 is 2.13 bits per heavy atom. The topological polar surface area (TPSA) is 26.3 Å². The summed E-state index contributed by atoms with van der Waals surface area (Å²) in [6.45, 7) is 22.5. The Balaban J connectivity index is 2.04. The van der Waals surface area contributed by atoms with Crippen molar-refractivity contribution in [2.45, 2.75) is 99.3 Å². The maximum Gasteiger partial charge on any atom is 0.159 e. The van der Waals surface area contributed by atoms with Gasteiger partial charge in [0.15, 0.2) is 5.78 Å². The number of ether oxygens (including phenoxy) is 1. The van der Waals surface area contributed by atoms with Gasteiger partial charge in [-0.05, 0) is 142 Å². The highest BCUT2D eigenvalue weighted by Gasteiger charge is 2.25. The number of Topliss-reactive ketones (excluding diaryl/α,β-unsaturated/α-hetero) is 1. The number of alkyl halides is 2. The highest BCUT2D eigenvalue weighted by atomic mass is 19.1. The molecule has 3 atom stereocenters. The van der Waals surface area contributed by atoms with Gasteiger partial charge >= 0.3 is 0 Å². The van der Waals surface area contributed by atoms with Gasteiger partial charge in [-0.2, -0.15) is 0 Å². The van der Waals surface area contributed by atoms with Crippen molar-refractivity contribution in [3.8, 4) is 28.0 Å². The van der Waals surface area contributed by atoms with Crippen LogP contribution >= 0.6 is 0 Å². The Kier molecular flexibility index (Phi) is 12.3. The van der Waals surface area contributed by atoms with E-state index in [9.17, 15) is 9.18 Å². The first-order valence-electron chi connectivity index (χ1n) is 16.7. The molecule has 0 saturated carbocycles. The minimum atomic E-state index is -1.49. The van der Waals surface area contributed by atoms with Crippen LogP contribution in [0.25, 0.3) is 22.3 Å². The highest BCUT2D eigenvalue weighted by Crippen LogP contribution is 2.42. The fraction of sp³-hybridized carbons (Fsp3) is 0.419. The second-order valence-electron chi connectivity index (χ2n) is 14.2. The Labute approximate surface area is 282 Å². The molecule has 0 amide bonds. The summed E-state index contributed by atoms with van der Waals surface area (Å²) in [5.74, 6) is 1.42. The maximum absolute atomic E-state index is 15.3. The number of halogens is 2. The second kappa shape index (κ2) is 15.4. The first-order valence-corrected chi connectivity index (χ1v) is 16.7. The molecule has 0 heterocycles. The van der Waals surface area contributed by atoms with Crippen molar-refractivity contribution in [2.75, 3.05) is 7.11 Å². The van der Waals surface area contributed by atoms with Gasteiger partial charge in [0.05, 0.1) is 7.11 Å². The van der Waals surface area contributed by atoms with Crippen molar-refractivity contribution in [1.29, 1.82) is 0 Å². The number of benzene rings is 3. The van der Waals surface area contributed by atoms with Gasteiger partial charge in [-0.15, -0.1) is 0 Å². The number of carbonyl (C=O) groups is 1. The SMILES string of the molecule is C=C(/C=C(\C=C/C)[C@@H](C)[C@@H](C)CC[C@H](C)c1cc(C(C)(C)F)ccc1-c1cc(-c2ccc(C(C)=O)cc2C)ccc1OC)C(C)(C)F. The van der Waals surface area contributed by atoms with Gasteiger partial charge in [0, 0.05) is 11.1 Å². The number of allylic oxidation sites excluding steroid dienone is 5. The van der Waals surface area contributed by atoms with E-state index in [-0.39, 0.29) is 17.6 Å². The lowest BCUT2D eigenvalue weighted by Crippen LogP contribution is -2.16. The first-order chi connectivity index (χ1) is 21.9. The Morgan fingerprint density at radius 2 is 1.57 bits per heavy atom. The molecule has 47 heavy (non-hydrogen) atoms. The molecular weight excluding hydrogens is 586 g/mol. The molecule has 2 nitrogen and oxygen atoms in total. The molecular formula is C43H54F2O2. The number of methoxy groups -OCH3 is 1. The van der Waals surface area contributed by atoms with E-state index in [0.29, 0.717) is 22.6 Å². The van der Waals surface area contributed by atoms with Crippen molar-refractivity contribution >= 4 is 5.78 Å². The van der Waals surface area contributed by atoms with Gasteiger partial charge in [-0.25, -0.2) is 8.78 Å². The Bertz CT molecular complexity index is 1650. The van der Waals surface area contributed by atoms with Crippen LogP contribution in [0.4, 0.5) is 8.78 Å². The van der Waals surface area contributed by atoms with Crippen molar-refractivity contribution in [3.63, 3.8) is 0 Å². The molecule has 0 unspecified atom stereocenters. The summed E-state index contributed by atoms with van der Waals surface area (Å²) in [5.41, 5.74) is 6.00. The number of carbonyl (C=O) groups excluding carboxylic acids is 1. The third kappa shape index (κ3) is 9.40. The van der Waals surface area contributed by atoms with E-state index in [0.717, 1.165) is 57.5 Å². The van der Waals surface area contributed by atoms with E-state index >= 15 is 4.39 Å². The molecule has 0 spiro atoms. The number of aryl methyl sites for hydroxylation is 1. The van der Waals surface area contributed by atoms with E-state index in [1.165, 1.54) is 13.8 Å². The standard InChI is InChI=1S/C43H54F2O2/c1-13-14-33(24-30(5)42(8,9)44)31(6)27(2)15-16-28(3)39-26-36(43(10,11)45)19-21-38(39)40-25-35(18-22-41(40)47-12)37-20-17-34(32(7)46)23-29(37)4/h13-14,17-28,31H,5,15-16H2,1-4,6-12H3/b14-13-,33-24+/t27-,28-,31-/m0/s1. The third-order valence-electron chi connectivity index (χ3n) is 9.60. The van der Waals surface area contributed by atoms with Crippen LogP contribution in [0.5, 0.6) is 5.75 Å². The lowest BCUT2D eigenvalue weighted by Gasteiger charge is -2.26. The molecule has 4 heteroatoms. The van der Waals surface area contributed by atoms with Gasteiger partial charge < -0.3 is 4.74 Å². The molecule has 252 valence electrons. The summed E-state index contributed by atoms with van der Waals surface area (Å²) in [4.78, 5) is 12.0. The van der Waals surface area contributed by atoms with Crippen LogP contribution in [0.2, 0.25) is 0 Å². The molecule has 0 fully saturated rings. The van der Waals surface area contributed by atoms with E-state index in [1.807, 2.05) is 74.5 Å². The summed E-state index contributed by atoms with van der Waals surface area (Å²) < 4.78 is 35.8. The predicted molar refractivity (Wildman–Crippen MR) is 196 cm³/mol. The Morgan fingerprint density at radius 1 is 0.915 bits per heavy atom. The zero-order valence-electron chi connectivity index (χ0n) is 30.4. The lowest BCUT2D eigenvalue weighted by molar-refractivity contribution is 0.101. The summed E-state index contributed by atoms with van der Waals surface area (Å²) >= 11 is 0. The van der Waals surface area contributed by atoms with Crippen LogP contribution in [0.15, 0.2) is 90.6 Å². The summed E-state index contributed by atoms with van der Waals surface area (Å²) in [7, 11) is 1.67. The van der Waals surface area contributed by atoms with Crippen LogP contribution in [0, 0.1) is 18.8 Å². The van der Waals surface area contributed by atoms with Crippen LogP contribution in [-0.4, -0.2) is 18.6 Å². The maximum atomic E-state index is 15.3. The smallest absolute Gasteiger partial charge is 0.159 e. The summed E-state index contributed by atoms with van der Waals surface area (Å²) in [6, 6.07) is 17.9. The molecule has 0 aliphatic rings. The van der Waals surface area contributed by atoms with Crippen LogP contribution < -0.4 is 4.74 Å². The van der Waals surface area contributed by atoms with Gasteiger partial charge in [-0.3, -0.25) is 4.79 Å². The molecule has 3 aromatic carbocycles. The second-order valence-corrected chi connectivity index (χ2v) is 14.2. The molecule has 0 radical (unpaired) electrons. The molecule has 0 aromatic heterocycles. The quantitative estimate of drug-likeness (QED) is 0.129. The number of hydrogen-bond donors (Lipinski definition) is 0. The molecule has 0 N–H and O–H groups in total. The minimum absolute atomic E-state index is 0.0384. The number of ketones is 1. The van der Waals surface area contributed by atoms with Crippen molar-refractivity contribution in [2.24, 2.45) is 11.8 Å². The fourth-order valence-electron chi connectivity index (χ4n) is 6.02. The first kappa shape index (κ1) is 37.7. The molecule has 3 rings (SSSR count). The van der Waals surface area contributed by atoms with Gasteiger partial charge in [0.25, 0.3) is 0 Å². The molecule has 0 saturated heterocycles. The predicted octanol–water partition coefficient (Wildman–Crippen LogP) is 12.7. The summed E-state index contributed by atoms with van der Waals surface area (Å²) in [6.07, 6.45) is 7.77. The Hall–Kier alpha value is -3.79. The van der Waals surface area contributed by atoms with E-state index in [2.05, 4.69) is 39.5 Å². The zero-order valence-corrected chi connectivity index (χ0v) is 30.4. The van der Waals surface area contributed by atoms with Crippen LogP contribution in [0.1, 0.15) is 108 Å². The average Bonchev–Trinajstić information content (AvgIpc) is 3.01. The van der Waals surface area contributed by atoms with Crippen molar-refractivity contribution in [1.82, 2.24) is 0 Å². The normalized spacial score (nSPS) is 14.6. The lowest BCUT2D eigenvalue weighted by atomic mass is 9.80. The van der Waals surface area contributed by atoms with Crippen molar-refractivity contribution < 1.29 is 18.3 Å². The van der Waals surface area contributed by atoms with Gasteiger partial charge in [0.2, 0.25) is 0 Å². The van der Waals surface area contributed by atoms with Gasteiger partial charge in [-0.1, -0.05) is 82.0 Å². The minimum Gasteiger partial charge on any atom is -0.496 e. The monoisotopic (exact) mass is 640 g/mol. The highest BCUT2D eigenvalue weighted by molar-refractivity contribution is 5.95. The largest absolute Gasteiger partial charge is 0.496 e. The zero-order chi connectivity index (χ0) is 35.3. The molecule has 0 aliphatic heterocycles. The van der Waals surface area contributed by atoms with E-state index in [4.69, 9.17) is 4.74 Å². The number of rotatable bonds is 14. The van der Waals surface area contributed by atoms with Crippen LogP contribution in [0.3, 0.4) is 0 Å². The molecule has 0 aliphatic carbocycles. The average molecular weight is 641 g/mol. The van der Waals surface area contributed by atoms with Crippen LogP contribution in [-0.2, 0) is 5.67 Å². The molecule has 3 aromatic rings. The third-order valence-corrected chi connectivity index (χ3v) is 9.60. The van der Waals surface area contributed by atoms with Gasteiger partial charge in [0.1, 0.15) is 17.1 Å². The molecule has 0 bridgehead atoms. The van der Waals surface area contributed by atoms with E-state index in [1.54, 1.807) is 27.9 Å². The summed E-state index contributed by atoms with van der Waals surface area (Å²) in [5, 5.41) is 0.